The number of rotatable bonds is 5. The summed E-state index contributed by atoms with van der Waals surface area (Å²) in [5.41, 5.74) is 6.08. The highest BCUT2D eigenvalue weighted by atomic mass is 32.2. The molecule has 1 aromatic rings. The highest BCUT2D eigenvalue weighted by Gasteiger charge is 2.17. The fourth-order valence-corrected chi connectivity index (χ4v) is 2.91. The van der Waals surface area contributed by atoms with Crippen LogP contribution in [0.1, 0.15) is 0 Å². The number of hydrogen-bond donors (Lipinski definition) is 3. The van der Waals surface area contributed by atoms with Crippen LogP contribution >= 0.6 is 11.9 Å². The molecule has 4 N–H and O–H groups in total. The molecular weight excluding hydrogens is 286 g/mol. The number of nitrogens with zero attached hydrogens (tertiary/aromatic N) is 2. The number of anilines is 1. The third-order valence-electron chi connectivity index (χ3n) is 3.38. The normalized spacial score (nSPS) is 15.7. The van der Waals surface area contributed by atoms with Crippen LogP contribution in [0.15, 0.2) is 35.1 Å². The van der Waals surface area contributed by atoms with E-state index in [-0.39, 0.29) is 11.4 Å². The molecule has 0 radical (unpaired) electrons. The van der Waals surface area contributed by atoms with Gasteiger partial charge in [-0.05, 0) is 24.1 Å². The van der Waals surface area contributed by atoms with E-state index in [2.05, 4.69) is 14.5 Å². The molecule has 0 bridgehead atoms. The smallest absolute Gasteiger partial charge is 0.201 e. The van der Waals surface area contributed by atoms with Crippen molar-refractivity contribution in [3.05, 3.63) is 40.6 Å². The Balaban J connectivity index is 1.79. The number of guanidine groups is 1. The van der Waals surface area contributed by atoms with Crippen LogP contribution < -0.4 is 20.8 Å². The van der Waals surface area contributed by atoms with Crippen molar-refractivity contribution in [3.8, 4) is 0 Å². The Morgan fingerprint density at radius 2 is 1.95 bits per heavy atom. The number of nitrogens with two attached hydrogens (primary N) is 1. The van der Waals surface area contributed by atoms with Crippen LogP contribution in [0.3, 0.4) is 0 Å². The lowest BCUT2D eigenvalue weighted by atomic mass is 10.2. The first-order valence-electron chi connectivity index (χ1n) is 6.95. The quantitative estimate of drug-likeness (QED) is 0.314. The van der Waals surface area contributed by atoms with Gasteiger partial charge in [0.05, 0.1) is 5.69 Å². The van der Waals surface area contributed by atoms with Crippen molar-refractivity contribution in [2.24, 2.45) is 5.73 Å². The average Bonchev–Trinajstić information content (AvgIpc) is 2.69. The predicted octanol–water partition coefficient (Wildman–Crippen LogP) is 0.300. The van der Waals surface area contributed by atoms with Crippen LogP contribution in [0.25, 0.3) is 0 Å². The zero-order valence-electron chi connectivity index (χ0n) is 11.9. The Bertz CT molecular complexity index is 531. The molecule has 1 aliphatic rings. The molecule has 1 fully saturated rings. The van der Waals surface area contributed by atoms with E-state index in [0.717, 1.165) is 44.2 Å². The molecule has 1 saturated heterocycles. The largest absolute Gasteiger partial charge is 0.369 e. The maximum atomic E-state index is 12.0. The highest BCUT2D eigenvalue weighted by molar-refractivity contribution is 7.97. The third-order valence-corrected chi connectivity index (χ3v) is 4.13. The Hall–Kier alpha value is -1.73. The second-order valence-electron chi connectivity index (χ2n) is 4.85. The van der Waals surface area contributed by atoms with Gasteiger partial charge in [0, 0.05) is 38.5 Å². The number of hydrogen-bond acceptors (Lipinski definition) is 5. The van der Waals surface area contributed by atoms with E-state index < -0.39 is 0 Å². The van der Waals surface area contributed by atoms with Gasteiger partial charge in [-0.2, -0.15) is 0 Å². The van der Waals surface area contributed by atoms with Crippen LogP contribution in [0, 0.1) is 5.41 Å². The second kappa shape index (κ2) is 7.90. The van der Waals surface area contributed by atoms with Crippen LogP contribution in [0.2, 0.25) is 0 Å². The molecule has 0 aromatic heterocycles. The maximum Gasteiger partial charge on any atom is 0.201 e. The van der Waals surface area contributed by atoms with E-state index >= 15 is 0 Å². The van der Waals surface area contributed by atoms with Crippen molar-refractivity contribution in [2.75, 3.05) is 43.4 Å². The summed E-state index contributed by atoms with van der Waals surface area (Å²) in [5.74, 6) is 0.872. The third kappa shape index (κ3) is 4.95. The molecule has 2 rings (SSSR count). The van der Waals surface area contributed by atoms with E-state index in [1.807, 2.05) is 18.2 Å². The Morgan fingerprint density at radius 3 is 2.67 bits per heavy atom. The molecule has 1 aromatic carbocycles. The van der Waals surface area contributed by atoms with Crippen LogP contribution in [-0.2, 0) is 0 Å². The van der Waals surface area contributed by atoms with Gasteiger partial charge in [0.15, 0.2) is 5.96 Å². The van der Waals surface area contributed by atoms with Crippen molar-refractivity contribution >= 4 is 23.6 Å². The first kappa shape index (κ1) is 15.7. The molecule has 1 aliphatic heterocycles. The molecule has 6 nitrogen and oxygen atoms in total. The van der Waals surface area contributed by atoms with Crippen molar-refractivity contribution in [1.82, 2.24) is 9.62 Å². The van der Waals surface area contributed by atoms with E-state index in [0.29, 0.717) is 0 Å². The highest BCUT2D eigenvalue weighted by Crippen LogP contribution is 2.11. The molecule has 0 spiro atoms. The topological polar surface area (TPSA) is 85.4 Å². The molecular formula is C14H21N5OS. The SMILES string of the molecule is N=C(N)NSCCN1CCN(c2cccccc2=O)CC1. The van der Waals surface area contributed by atoms with Crippen LogP contribution in [-0.4, -0.2) is 49.3 Å². The van der Waals surface area contributed by atoms with Crippen LogP contribution in [0.5, 0.6) is 0 Å². The summed E-state index contributed by atoms with van der Waals surface area (Å²) >= 11 is 1.45. The summed E-state index contributed by atoms with van der Waals surface area (Å²) in [6.45, 7) is 4.57. The van der Waals surface area contributed by atoms with Crippen LogP contribution in [0.4, 0.5) is 5.69 Å². The molecule has 0 saturated carbocycles. The summed E-state index contributed by atoms with van der Waals surface area (Å²) in [4.78, 5) is 16.5. The first-order chi connectivity index (χ1) is 10.2. The molecule has 0 atom stereocenters. The lowest BCUT2D eigenvalue weighted by molar-refractivity contribution is 0.273. The van der Waals surface area contributed by atoms with Gasteiger partial charge in [-0.15, -0.1) is 0 Å². The number of nitrogens with one attached hydrogen (secondary N) is 2. The molecule has 21 heavy (non-hydrogen) atoms. The monoisotopic (exact) mass is 307 g/mol. The minimum atomic E-state index is -0.00950. The molecule has 1 heterocycles. The average molecular weight is 307 g/mol. The zero-order valence-corrected chi connectivity index (χ0v) is 12.7. The van der Waals surface area contributed by atoms with Crippen molar-refractivity contribution in [1.29, 1.82) is 5.41 Å². The van der Waals surface area contributed by atoms with Gasteiger partial charge < -0.3 is 15.4 Å². The van der Waals surface area contributed by atoms with E-state index in [9.17, 15) is 4.79 Å². The van der Waals surface area contributed by atoms with E-state index in [4.69, 9.17) is 11.1 Å². The lowest BCUT2D eigenvalue weighted by Crippen LogP contribution is -2.48. The summed E-state index contributed by atoms with van der Waals surface area (Å²) < 4.78 is 2.73. The van der Waals surface area contributed by atoms with Gasteiger partial charge in [-0.3, -0.25) is 15.1 Å². The summed E-state index contributed by atoms with van der Waals surface area (Å²) in [6, 6.07) is 9.07. The van der Waals surface area contributed by atoms with Crippen molar-refractivity contribution in [2.45, 2.75) is 0 Å². The Kier molecular flexibility index (Phi) is 5.89. The summed E-state index contributed by atoms with van der Waals surface area (Å²) in [5, 5.41) is 7.07. The fourth-order valence-electron chi connectivity index (χ4n) is 2.30. The van der Waals surface area contributed by atoms with Gasteiger partial charge in [0.25, 0.3) is 0 Å². The Labute approximate surface area is 129 Å². The first-order valence-corrected chi connectivity index (χ1v) is 7.94. The molecule has 0 unspecified atom stereocenters. The Morgan fingerprint density at radius 1 is 1.24 bits per heavy atom. The number of piperazine rings is 1. The standard InChI is InChI=1S/C14H21N5OS/c15-14(16)17-21-11-10-18-6-8-19(9-7-18)12-4-2-1-3-5-13(12)20/h1-5H,6-11H2,(H4,15,16,17). The lowest BCUT2D eigenvalue weighted by Gasteiger charge is -2.35. The molecule has 114 valence electrons. The predicted molar refractivity (Wildman–Crippen MR) is 88.9 cm³/mol. The van der Waals surface area contributed by atoms with Gasteiger partial charge in [-0.25, -0.2) is 0 Å². The summed E-state index contributed by atoms with van der Waals surface area (Å²) in [6.07, 6.45) is 0. The minimum Gasteiger partial charge on any atom is -0.369 e. The summed E-state index contributed by atoms with van der Waals surface area (Å²) in [7, 11) is 0. The van der Waals surface area contributed by atoms with Gasteiger partial charge in [0.2, 0.25) is 5.43 Å². The van der Waals surface area contributed by atoms with Gasteiger partial charge in [-0.1, -0.05) is 18.2 Å². The zero-order chi connectivity index (χ0) is 15.1. The van der Waals surface area contributed by atoms with E-state index in [1.165, 1.54) is 11.9 Å². The second-order valence-corrected chi connectivity index (χ2v) is 5.75. The maximum absolute atomic E-state index is 12.0. The molecule has 0 amide bonds. The van der Waals surface area contributed by atoms with Gasteiger partial charge in [0.1, 0.15) is 0 Å². The van der Waals surface area contributed by atoms with E-state index in [1.54, 1.807) is 12.1 Å². The minimum absolute atomic E-state index is 0.00950. The van der Waals surface area contributed by atoms with Gasteiger partial charge >= 0.3 is 0 Å². The van der Waals surface area contributed by atoms with Crippen molar-refractivity contribution in [3.63, 3.8) is 0 Å². The molecule has 0 aliphatic carbocycles. The van der Waals surface area contributed by atoms with Crippen molar-refractivity contribution < 1.29 is 0 Å². The fraction of sp³-hybridized carbons (Fsp3) is 0.429. The molecule has 7 heteroatoms.